The molecule has 2 aliphatic rings. The van der Waals surface area contributed by atoms with Crippen LogP contribution in [0.1, 0.15) is 30.1 Å². The number of pyridine rings is 1. The van der Waals surface area contributed by atoms with Crippen molar-refractivity contribution in [1.82, 2.24) is 9.88 Å². The van der Waals surface area contributed by atoms with E-state index in [-0.39, 0.29) is 24.2 Å². The maximum Gasteiger partial charge on any atom is 0.255 e. The number of nitrogens with zero attached hydrogens (tertiary/aromatic N) is 2. The van der Waals surface area contributed by atoms with Gasteiger partial charge in [0.05, 0.1) is 29.8 Å². The third-order valence-electron chi connectivity index (χ3n) is 5.01. The highest BCUT2D eigenvalue weighted by atomic mass is 16.5. The average Bonchev–Trinajstić information content (AvgIpc) is 2.90. The number of hydrogen-bond acceptors (Lipinski definition) is 4. The third kappa shape index (κ3) is 2.68. The Kier molecular flexibility index (Phi) is 4.21. The highest BCUT2D eigenvalue weighted by molar-refractivity contribution is 5.97. The van der Waals surface area contributed by atoms with Crippen LogP contribution in [0, 0.1) is 0 Å². The summed E-state index contributed by atoms with van der Waals surface area (Å²) in [6.45, 7) is 3.80. The molecule has 0 unspecified atom stereocenters. The molecule has 4 rings (SSSR count). The molecule has 1 amide bonds. The van der Waals surface area contributed by atoms with Crippen molar-refractivity contribution in [3.05, 3.63) is 42.1 Å². The molecule has 0 N–H and O–H groups in total. The van der Waals surface area contributed by atoms with E-state index in [0.29, 0.717) is 25.3 Å². The molecule has 1 aliphatic carbocycles. The van der Waals surface area contributed by atoms with E-state index in [2.05, 4.69) is 4.98 Å². The Morgan fingerprint density at radius 3 is 3.12 bits per heavy atom. The Morgan fingerprint density at radius 1 is 1.38 bits per heavy atom. The van der Waals surface area contributed by atoms with Crippen LogP contribution in [0.3, 0.4) is 0 Å². The molecule has 24 heavy (non-hydrogen) atoms. The maximum absolute atomic E-state index is 13.1. The summed E-state index contributed by atoms with van der Waals surface area (Å²) in [6, 6.07) is 9.88. The zero-order valence-corrected chi connectivity index (χ0v) is 13.9. The molecule has 1 aromatic heterocycles. The lowest BCUT2D eigenvalue weighted by atomic mass is 10.1. The second kappa shape index (κ2) is 6.49. The molecule has 0 spiro atoms. The highest BCUT2D eigenvalue weighted by Crippen LogP contribution is 2.33. The van der Waals surface area contributed by atoms with E-state index in [4.69, 9.17) is 9.47 Å². The van der Waals surface area contributed by atoms with Crippen LogP contribution in [0.2, 0.25) is 0 Å². The number of rotatable bonds is 3. The number of ether oxygens (including phenoxy) is 2. The fourth-order valence-electron chi connectivity index (χ4n) is 3.91. The van der Waals surface area contributed by atoms with Crippen molar-refractivity contribution in [3.8, 4) is 0 Å². The van der Waals surface area contributed by atoms with Crippen molar-refractivity contribution in [2.75, 3.05) is 19.8 Å². The molecular weight excluding hydrogens is 304 g/mol. The lowest BCUT2D eigenvalue weighted by Gasteiger charge is -2.31. The summed E-state index contributed by atoms with van der Waals surface area (Å²) in [4.78, 5) is 19.5. The van der Waals surface area contributed by atoms with Gasteiger partial charge in [0, 0.05) is 24.7 Å². The largest absolute Gasteiger partial charge is 0.374 e. The minimum atomic E-state index is -0.0186. The van der Waals surface area contributed by atoms with E-state index in [1.807, 2.05) is 42.2 Å². The molecule has 2 fully saturated rings. The van der Waals surface area contributed by atoms with Gasteiger partial charge in [0.2, 0.25) is 0 Å². The molecule has 5 nitrogen and oxygen atoms in total. The number of fused-ring (bicyclic) bond motifs is 3. The molecule has 2 aromatic rings. The van der Waals surface area contributed by atoms with E-state index in [1.165, 1.54) is 0 Å². The van der Waals surface area contributed by atoms with E-state index in [9.17, 15) is 4.79 Å². The van der Waals surface area contributed by atoms with Crippen LogP contribution < -0.4 is 0 Å². The minimum Gasteiger partial charge on any atom is -0.374 e. The van der Waals surface area contributed by atoms with Gasteiger partial charge in [-0.2, -0.15) is 0 Å². The van der Waals surface area contributed by atoms with Crippen LogP contribution in [0.15, 0.2) is 36.5 Å². The zero-order valence-electron chi connectivity index (χ0n) is 13.9. The van der Waals surface area contributed by atoms with Crippen LogP contribution >= 0.6 is 0 Å². The molecule has 1 aliphatic heterocycles. The second-order valence-electron chi connectivity index (χ2n) is 6.39. The van der Waals surface area contributed by atoms with Crippen molar-refractivity contribution in [2.24, 2.45) is 0 Å². The number of para-hydroxylation sites is 1. The molecule has 3 atom stereocenters. The van der Waals surface area contributed by atoms with Crippen molar-refractivity contribution in [3.63, 3.8) is 0 Å². The van der Waals surface area contributed by atoms with Gasteiger partial charge in [0.25, 0.3) is 5.91 Å². The van der Waals surface area contributed by atoms with Crippen LogP contribution in [0.5, 0.6) is 0 Å². The summed E-state index contributed by atoms with van der Waals surface area (Å²) >= 11 is 0. The second-order valence-corrected chi connectivity index (χ2v) is 6.39. The Balaban J connectivity index is 1.64. The topological polar surface area (TPSA) is 51.7 Å². The quantitative estimate of drug-likeness (QED) is 0.870. The van der Waals surface area contributed by atoms with Gasteiger partial charge >= 0.3 is 0 Å². The molecule has 126 valence electrons. The summed E-state index contributed by atoms with van der Waals surface area (Å²) < 4.78 is 11.8. The summed E-state index contributed by atoms with van der Waals surface area (Å²) in [6.07, 6.45) is 3.66. The van der Waals surface area contributed by atoms with Gasteiger partial charge in [-0.05, 0) is 31.9 Å². The van der Waals surface area contributed by atoms with Crippen molar-refractivity contribution in [1.29, 1.82) is 0 Å². The smallest absolute Gasteiger partial charge is 0.255 e. The van der Waals surface area contributed by atoms with Crippen molar-refractivity contribution >= 4 is 16.8 Å². The SMILES string of the molecule is CCO[C@@H]1[C@H]2CC[C@H]1OCCN2C(=O)c1cnc2ccccc2c1. The van der Waals surface area contributed by atoms with Gasteiger partial charge in [0.1, 0.15) is 6.10 Å². The van der Waals surface area contributed by atoms with E-state index in [1.54, 1.807) is 6.20 Å². The zero-order chi connectivity index (χ0) is 16.5. The summed E-state index contributed by atoms with van der Waals surface area (Å²) in [5, 5.41) is 0.986. The van der Waals surface area contributed by atoms with Crippen molar-refractivity contribution < 1.29 is 14.3 Å². The number of benzene rings is 1. The van der Waals surface area contributed by atoms with Gasteiger partial charge in [-0.15, -0.1) is 0 Å². The molecule has 1 saturated heterocycles. The minimum absolute atomic E-state index is 0.0186. The fourth-order valence-corrected chi connectivity index (χ4v) is 3.91. The lowest BCUT2D eigenvalue weighted by Crippen LogP contribution is -2.46. The van der Waals surface area contributed by atoms with Gasteiger partial charge in [-0.3, -0.25) is 9.78 Å². The molecular formula is C19H22N2O3. The van der Waals surface area contributed by atoms with Crippen molar-refractivity contribution in [2.45, 2.75) is 38.0 Å². The number of carbonyl (C=O) groups is 1. The first kappa shape index (κ1) is 15.5. The first-order valence-corrected chi connectivity index (χ1v) is 8.67. The summed E-state index contributed by atoms with van der Waals surface area (Å²) in [5.41, 5.74) is 1.54. The Labute approximate surface area is 141 Å². The number of carbonyl (C=O) groups excluding carboxylic acids is 1. The lowest BCUT2D eigenvalue weighted by molar-refractivity contribution is -0.0484. The Bertz CT molecular complexity index is 748. The van der Waals surface area contributed by atoms with Crippen LogP contribution in [0.25, 0.3) is 10.9 Å². The van der Waals surface area contributed by atoms with Gasteiger partial charge < -0.3 is 14.4 Å². The number of hydrogen-bond donors (Lipinski definition) is 0. The molecule has 5 heteroatoms. The van der Waals surface area contributed by atoms with Gasteiger partial charge in [-0.25, -0.2) is 0 Å². The van der Waals surface area contributed by atoms with Gasteiger partial charge in [-0.1, -0.05) is 18.2 Å². The summed E-state index contributed by atoms with van der Waals surface area (Å²) in [7, 11) is 0. The summed E-state index contributed by atoms with van der Waals surface area (Å²) in [5.74, 6) is 0.0223. The fraction of sp³-hybridized carbons (Fsp3) is 0.474. The Morgan fingerprint density at radius 2 is 2.25 bits per heavy atom. The van der Waals surface area contributed by atoms with Gasteiger partial charge in [0.15, 0.2) is 0 Å². The molecule has 2 heterocycles. The number of amides is 1. The third-order valence-corrected chi connectivity index (χ3v) is 5.01. The normalized spacial score (nSPS) is 26.5. The average molecular weight is 326 g/mol. The number of aromatic nitrogens is 1. The van der Waals surface area contributed by atoms with E-state index < -0.39 is 0 Å². The molecule has 1 aromatic carbocycles. The molecule has 2 bridgehead atoms. The first-order chi connectivity index (χ1) is 11.8. The van der Waals surface area contributed by atoms with E-state index in [0.717, 1.165) is 23.7 Å². The standard InChI is InChI=1S/C19H22N2O3/c1-2-23-18-16-7-8-17(18)24-10-9-21(16)19(22)14-11-13-5-3-4-6-15(13)20-12-14/h3-6,11-12,16-18H,2,7-10H2,1H3/t16-,17-,18-/m1/s1. The first-order valence-electron chi connectivity index (χ1n) is 8.67. The molecule has 0 radical (unpaired) electrons. The predicted molar refractivity (Wildman–Crippen MR) is 91.0 cm³/mol. The highest BCUT2D eigenvalue weighted by Gasteiger charge is 2.44. The Hall–Kier alpha value is -1.98. The predicted octanol–water partition coefficient (Wildman–Crippen LogP) is 2.64. The maximum atomic E-state index is 13.1. The monoisotopic (exact) mass is 326 g/mol. The van der Waals surface area contributed by atoms with Crippen LogP contribution in [0.4, 0.5) is 0 Å². The molecule has 1 saturated carbocycles. The van der Waals surface area contributed by atoms with Crippen LogP contribution in [-0.4, -0.2) is 53.8 Å². The van der Waals surface area contributed by atoms with Crippen LogP contribution in [-0.2, 0) is 9.47 Å². The van der Waals surface area contributed by atoms with E-state index >= 15 is 0 Å².